The predicted octanol–water partition coefficient (Wildman–Crippen LogP) is 45.7. The molecule has 12 aliphatic rings. The van der Waals surface area contributed by atoms with Gasteiger partial charge in [-0.05, 0) is 345 Å². The molecule has 0 saturated heterocycles. The van der Waals surface area contributed by atoms with E-state index in [0.717, 1.165) is 124 Å². The molecule has 6 saturated carbocycles. The molecule has 6 aliphatic heterocycles. The first kappa shape index (κ1) is 136. The van der Waals surface area contributed by atoms with Crippen LogP contribution in [0.25, 0.3) is 33.4 Å². The Kier molecular flexibility index (Phi) is 50.0. The Morgan fingerprint density at radius 3 is 0.662 bits per heavy atom. The molecule has 0 amide bonds. The summed E-state index contributed by atoms with van der Waals surface area (Å²) >= 11 is 11.3. The van der Waals surface area contributed by atoms with E-state index in [1.807, 2.05) is 0 Å². The topological polar surface area (TPSA) is 0 Å². The van der Waals surface area contributed by atoms with Crippen molar-refractivity contribution < 1.29 is 62.5 Å². The van der Waals surface area contributed by atoms with Crippen LogP contribution in [0.3, 0.4) is 0 Å². The molecule has 0 bridgehead atoms. The zero-order valence-electron chi connectivity index (χ0n) is 99.5. The zero-order valence-corrected chi connectivity index (χ0v) is 119. The van der Waals surface area contributed by atoms with Crippen LogP contribution >= 0.6 is 122 Å². The molecule has 148 heavy (non-hydrogen) atoms. The zero-order chi connectivity index (χ0) is 105. The molecular weight excluding hydrogens is 2320 g/mol. The monoisotopic (exact) mass is 2510 g/mol. The average Bonchev–Trinajstić information content (AvgIpc) is 1.57. The summed E-state index contributed by atoms with van der Waals surface area (Å²) in [6, 6.07) is 57.5. The molecule has 0 spiro atoms. The van der Waals surface area contributed by atoms with Crippen LogP contribution in [0.5, 0.6) is 0 Å². The number of hydrogen-bond acceptors (Lipinski definition) is 6. The van der Waals surface area contributed by atoms with Gasteiger partial charge in [0, 0.05) is 31.5 Å². The van der Waals surface area contributed by atoms with E-state index in [0.29, 0.717) is 11.8 Å². The standard InChI is InChI=1S/C48H72S2Si.C40H56S2Si.C36H48S2Si.6CH3.6ClH.3Zr/c1-27-19-37-39(31-21-33(45(5,6)7)25-34(22-31)46(8,9)10)29(3)49-41(37)43(27)51(17,18)44-28(2)20-38-40(30(4)50-42(38)44)32-23-35(47(11,12)13)26-36(24-32)48(14,15)16;1-23-21-31-33(27-13-17-29(18-14-27)39(5,6)7)25(3)41-35(31)37(23)43(11,12)38-24(2)22-32-34(26(4)42-36(32)38)28-15-19-30(20-16-28)40(8,9)10;1-7-23-21-27-31(25-17-13-11-14-18-25)29(9-3)37-33(27)35(23)39(5,6)36-24(8-2)22-28-32(26-19-15-12-16-20-26)30(10-4)38-34(28)36;;;;;;;;;;;;;;;/h21-28,37-38,41-44H,19-20H2,1-18H3;13-20,23-24,31-32,35-38H,21-22H2,1-12H3;11-20,23-24,27-28,33-36H,7-10,21-22H2,1-6H3;6*1H3;6*1H;;;/q;;;6*-1;;;;;;;3*+4/p-6. The van der Waals surface area contributed by atoms with Gasteiger partial charge in [-0.1, -0.05) is 378 Å². The molecule has 6 fully saturated rings. The number of fused-ring (bicyclic) bond motifs is 6. The Hall–Kier alpha value is 0.900. The van der Waals surface area contributed by atoms with Crippen LogP contribution in [-0.2, 0) is 95.0 Å². The Morgan fingerprint density at radius 1 is 0.257 bits per heavy atom. The van der Waals surface area contributed by atoms with Crippen LogP contribution in [0.2, 0.25) is 72.5 Å². The Bertz CT molecular complexity index is 5180. The van der Waals surface area contributed by atoms with Gasteiger partial charge >= 0.3 is 114 Å². The van der Waals surface area contributed by atoms with Crippen molar-refractivity contribution in [2.24, 2.45) is 71.0 Å². The number of thioether (sulfide) groups is 6. The molecule has 6 heterocycles. The van der Waals surface area contributed by atoms with E-state index in [4.69, 9.17) is 51.1 Å². The fraction of sp³-hybridized carbons (Fsp3) is 0.585. The number of allylic oxidation sites excluding steroid dienone is 12. The quantitative estimate of drug-likeness (QED) is 0.0695. The number of halogens is 6. The fourth-order valence-corrected chi connectivity index (χ4v) is 65.7. The Morgan fingerprint density at radius 2 is 0.453 bits per heavy atom. The van der Waals surface area contributed by atoms with Crippen molar-refractivity contribution in [2.75, 3.05) is 0 Å². The summed E-state index contributed by atoms with van der Waals surface area (Å²) in [6.07, 6.45) is 13.4. The molecule has 6 aliphatic carbocycles. The van der Waals surface area contributed by atoms with Crippen molar-refractivity contribution >= 4 is 179 Å². The van der Waals surface area contributed by atoms with Crippen molar-refractivity contribution in [2.45, 2.75) is 408 Å². The maximum absolute atomic E-state index is 4.93. The number of hydrogen-bond donors (Lipinski definition) is 0. The third kappa shape index (κ3) is 28.2. The first-order valence-corrected chi connectivity index (χ1v) is 88.0. The maximum atomic E-state index is 4.93. The summed E-state index contributed by atoms with van der Waals surface area (Å²) in [5, 5.41) is 4.61. The summed E-state index contributed by atoms with van der Waals surface area (Å²) in [6.45, 7) is 89.8. The van der Waals surface area contributed by atoms with Crippen molar-refractivity contribution in [3.63, 3.8) is 0 Å². The molecule has 816 valence electrons. The molecule has 24 atom stereocenters. The van der Waals surface area contributed by atoms with E-state index in [2.05, 4.69) is 463 Å². The van der Waals surface area contributed by atoms with Gasteiger partial charge < -0.3 is 44.6 Å². The molecule has 0 N–H and O–H groups in total. The predicted molar refractivity (Wildman–Crippen MR) is 685 cm³/mol. The Balaban J connectivity index is 0.000000285. The molecule has 18 rings (SSSR count). The van der Waals surface area contributed by atoms with Gasteiger partial charge in [0.1, 0.15) is 0 Å². The first-order chi connectivity index (χ1) is 66.4. The van der Waals surface area contributed by atoms with Gasteiger partial charge in [-0.25, -0.2) is 0 Å². The van der Waals surface area contributed by atoms with E-state index in [1.165, 1.54) is 131 Å². The van der Waals surface area contributed by atoms with E-state index in [9.17, 15) is 0 Å². The van der Waals surface area contributed by atoms with Crippen molar-refractivity contribution in [3.05, 3.63) is 286 Å². The van der Waals surface area contributed by atoms with Gasteiger partial charge in [0.05, 0.1) is 24.2 Å². The molecular formula is C130H194Cl6S6Si3Zr3. The van der Waals surface area contributed by atoms with Gasteiger partial charge in [-0.2, -0.15) is 0 Å². The second-order valence-corrected chi connectivity index (χ2v) is 87.1. The van der Waals surface area contributed by atoms with Gasteiger partial charge in [0.15, 0.2) is 0 Å². The molecule has 6 aromatic carbocycles. The summed E-state index contributed by atoms with van der Waals surface area (Å²) in [5.41, 5.74) is 34.3. The van der Waals surface area contributed by atoms with E-state index < -0.39 is 86.8 Å². The van der Waals surface area contributed by atoms with Crippen molar-refractivity contribution in [1.29, 1.82) is 0 Å². The molecule has 0 aromatic heterocycles. The van der Waals surface area contributed by atoms with Gasteiger partial charge in [0.2, 0.25) is 0 Å². The number of rotatable bonds is 16. The minimum absolute atomic E-state index is 0. The average molecular weight is 2520 g/mol. The van der Waals surface area contributed by atoms with E-state index in [-0.39, 0.29) is 77.0 Å². The summed E-state index contributed by atoms with van der Waals surface area (Å²) in [7, 11) is 24.7. The van der Waals surface area contributed by atoms with Crippen LogP contribution in [0.15, 0.2) is 175 Å². The minimum atomic E-state index is -1.71. The van der Waals surface area contributed by atoms with Gasteiger partial charge in [-0.15, -0.1) is 70.6 Å². The van der Waals surface area contributed by atoms with Crippen molar-refractivity contribution in [1.82, 2.24) is 0 Å². The van der Waals surface area contributed by atoms with Crippen LogP contribution in [0, 0.1) is 116 Å². The fourth-order valence-electron chi connectivity index (χ4n) is 30.9. The molecule has 0 nitrogen and oxygen atoms in total. The first-order valence-electron chi connectivity index (χ1n) is 54.2. The normalized spacial score (nSPS) is 29.3. The third-order valence-electron chi connectivity index (χ3n) is 36.8. The number of benzene rings is 6. The van der Waals surface area contributed by atoms with E-state index in [1.54, 1.807) is 62.9 Å². The SMILES string of the molecule is CC1=C(c2cc(C(C)(C)C)cc(C(C)(C)C)c2)C2CC(C)C([Si](C)(C)C3C(C)CC4C(c5cc(C(C)(C)C)cc(C(C)(C)C)c5)=C(C)SC43)C2S1.CC1=C(c2ccc(C(C)(C)C)cc2)C2CC(C)C([Si](C)(C)C3C(C)CC4C(c5ccc(C(C)(C)C)cc5)=C(C)SC43)C2S1.CCC1=C(c2ccccc2)C2CC(CC)C([Si](C)(C)C3C(CC)CC4C(c5ccccc5)=C(CC)SC43)C2S1.[CH3-].[CH3-].[CH3-].[CH3-].[CH3-].[CH3-].[Cl][Zr+2][Cl].[Cl][Zr+2][Cl].[Cl][Zr+2][Cl]. The Labute approximate surface area is 995 Å². The van der Waals surface area contributed by atoms with Gasteiger partial charge in [0.25, 0.3) is 0 Å². The van der Waals surface area contributed by atoms with Gasteiger partial charge in [-0.3, -0.25) is 0 Å². The molecule has 6 aromatic rings. The second kappa shape index (κ2) is 54.5. The van der Waals surface area contributed by atoms with Crippen LogP contribution in [0.1, 0.15) is 339 Å². The summed E-state index contributed by atoms with van der Waals surface area (Å²) in [5.74, 6) is 9.30. The molecule has 24 unspecified atom stereocenters. The summed E-state index contributed by atoms with van der Waals surface area (Å²) < 4.78 is 0. The second-order valence-electron chi connectivity index (χ2n) is 52.9. The third-order valence-corrected chi connectivity index (χ3v) is 63.2. The van der Waals surface area contributed by atoms with Crippen molar-refractivity contribution in [3.8, 4) is 0 Å². The van der Waals surface area contributed by atoms with Crippen LogP contribution in [-0.4, -0.2) is 55.7 Å². The molecule has 18 heteroatoms. The summed E-state index contributed by atoms with van der Waals surface area (Å²) in [4.78, 5) is 9.83. The van der Waals surface area contributed by atoms with Crippen LogP contribution in [0.4, 0.5) is 0 Å². The van der Waals surface area contributed by atoms with Crippen LogP contribution < -0.4 is 0 Å². The molecule has 0 radical (unpaired) electrons. The van der Waals surface area contributed by atoms with E-state index >= 15 is 0 Å².